The third-order valence-electron chi connectivity index (χ3n) is 3.72. The molecule has 21 heavy (non-hydrogen) atoms. The van der Waals surface area contributed by atoms with Gasteiger partial charge in [-0.2, -0.15) is 0 Å². The van der Waals surface area contributed by atoms with Crippen molar-refractivity contribution in [2.75, 3.05) is 19.6 Å². The molecule has 1 aromatic rings. The fourth-order valence-corrected chi connectivity index (χ4v) is 4.30. The monoisotopic (exact) mass is 314 g/mol. The van der Waals surface area contributed by atoms with E-state index in [1.807, 2.05) is 6.92 Å². The highest BCUT2D eigenvalue weighted by Crippen LogP contribution is 2.15. The molecule has 1 N–H and O–H groups in total. The van der Waals surface area contributed by atoms with Crippen molar-refractivity contribution < 1.29 is 12.8 Å². The first-order chi connectivity index (χ1) is 10.0. The highest BCUT2D eigenvalue weighted by molar-refractivity contribution is 7.88. The van der Waals surface area contributed by atoms with Gasteiger partial charge in [0.05, 0.1) is 5.75 Å². The number of nitrogens with one attached hydrogen (secondary N) is 1. The van der Waals surface area contributed by atoms with E-state index in [9.17, 15) is 12.8 Å². The highest BCUT2D eigenvalue weighted by atomic mass is 32.2. The van der Waals surface area contributed by atoms with E-state index in [1.54, 1.807) is 4.31 Å². The van der Waals surface area contributed by atoms with Crippen LogP contribution >= 0.6 is 0 Å². The number of rotatable bonds is 7. The summed E-state index contributed by atoms with van der Waals surface area (Å²) < 4.78 is 39.6. The van der Waals surface area contributed by atoms with Crippen LogP contribution < -0.4 is 5.32 Å². The molecule has 0 bridgehead atoms. The SMILES string of the molecule is CCCN(CC1CCCN1)S(=O)(=O)Cc1ccc(F)cc1. The fraction of sp³-hybridized carbons (Fsp3) is 0.600. The Morgan fingerprint density at radius 3 is 2.62 bits per heavy atom. The summed E-state index contributed by atoms with van der Waals surface area (Å²) in [5.74, 6) is -0.420. The lowest BCUT2D eigenvalue weighted by molar-refractivity contribution is 0.369. The van der Waals surface area contributed by atoms with Crippen LogP contribution in [0.25, 0.3) is 0 Å². The molecule has 1 atom stereocenters. The molecule has 6 heteroatoms. The predicted molar refractivity (Wildman–Crippen MR) is 81.9 cm³/mol. The molecule has 0 amide bonds. The van der Waals surface area contributed by atoms with Crippen LogP contribution in [0.1, 0.15) is 31.7 Å². The summed E-state index contributed by atoms with van der Waals surface area (Å²) in [6.07, 6.45) is 2.91. The van der Waals surface area contributed by atoms with Crippen molar-refractivity contribution in [3.63, 3.8) is 0 Å². The second-order valence-electron chi connectivity index (χ2n) is 5.53. The molecule has 0 spiro atoms. The molecule has 2 rings (SSSR count). The maximum absolute atomic E-state index is 12.9. The van der Waals surface area contributed by atoms with E-state index in [-0.39, 0.29) is 17.6 Å². The average molecular weight is 314 g/mol. The largest absolute Gasteiger partial charge is 0.313 e. The standard InChI is InChI=1S/C15H23FN2O2S/c1-2-10-18(11-15-4-3-9-17-15)21(19,20)12-13-5-7-14(16)8-6-13/h5-8,15,17H,2-4,9-12H2,1H3. The fourth-order valence-electron chi connectivity index (χ4n) is 2.63. The Balaban J connectivity index is 2.06. The van der Waals surface area contributed by atoms with Gasteiger partial charge in [-0.25, -0.2) is 17.1 Å². The van der Waals surface area contributed by atoms with E-state index in [0.717, 1.165) is 25.8 Å². The Bertz CT molecular complexity index is 539. The first-order valence-corrected chi connectivity index (χ1v) is 9.08. The van der Waals surface area contributed by atoms with E-state index in [2.05, 4.69) is 5.32 Å². The van der Waals surface area contributed by atoms with Crippen molar-refractivity contribution in [3.8, 4) is 0 Å². The quantitative estimate of drug-likeness (QED) is 0.839. The first kappa shape index (κ1) is 16.4. The number of halogens is 1. The van der Waals surface area contributed by atoms with Crippen molar-refractivity contribution >= 4 is 10.0 Å². The van der Waals surface area contributed by atoms with E-state index < -0.39 is 10.0 Å². The summed E-state index contributed by atoms with van der Waals surface area (Å²) in [6, 6.07) is 5.91. The molecular formula is C15H23FN2O2S. The molecule has 1 aromatic carbocycles. The van der Waals surface area contributed by atoms with Gasteiger partial charge in [-0.3, -0.25) is 0 Å². The Kier molecular flexibility index (Phi) is 5.72. The van der Waals surface area contributed by atoms with Crippen molar-refractivity contribution in [2.24, 2.45) is 0 Å². The van der Waals surface area contributed by atoms with Crippen LogP contribution in [-0.2, 0) is 15.8 Å². The van der Waals surface area contributed by atoms with Crippen LogP contribution in [0, 0.1) is 5.82 Å². The molecule has 1 unspecified atom stereocenters. The molecule has 118 valence electrons. The van der Waals surface area contributed by atoms with Gasteiger partial charge in [0.25, 0.3) is 0 Å². The smallest absolute Gasteiger partial charge is 0.218 e. The molecule has 0 saturated carbocycles. The lowest BCUT2D eigenvalue weighted by Gasteiger charge is -2.25. The molecule has 1 aliphatic heterocycles. The van der Waals surface area contributed by atoms with E-state index >= 15 is 0 Å². The number of hydrogen-bond acceptors (Lipinski definition) is 3. The number of hydrogen-bond donors (Lipinski definition) is 1. The van der Waals surface area contributed by atoms with Gasteiger partial charge in [-0.05, 0) is 43.5 Å². The molecule has 0 aromatic heterocycles. The van der Waals surface area contributed by atoms with Crippen LogP contribution in [0.2, 0.25) is 0 Å². The molecule has 0 aliphatic carbocycles. The highest BCUT2D eigenvalue weighted by Gasteiger charge is 2.26. The third-order valence-corrected chi connectivity index (χ3v) is 5.53. The van der Waals surface area contributed by atoms with Crippen LogP contribution in [0.15, 0.2) is 24.3 Å². The normalized spacial score (nSPS) is 19.3. The molecule has 1 heterocycles. The van der Waals surface area contributed by atoms with Gasteiger partial charge in [-0.15, -0.1) is 0 Å². The topological polar surface area (TPSA) is 49.4 Å². The van der Waals surface area contributed by atoms with Crippen molar-refractivity contribution in [2.45, 2.75) is 38.0 Å². The minimum Gasteiger partial charge on any atom is -0.313 e. The minimum atomic E-state index is -3.37. The summed E-state index contributed by atoms with van der Waals surface area (Å²) in [7, 11) is -3.37. The molecule has 4 nitrogen and oxygen atoms in total. The maximum atomic E-state index is 12.9. The zero-order valence-corrected chi connectivity index (χ0v) is 13.2. The lowest BCUT2D eigenvalue weighted by Crippen LogP contribution is -2.42. The van der Waals surface area contributed by atoms with Gasteiger partial charge >= 0.3 is 0 Å². The van der Waals surface area contributed by atoms with Gasteiger partial charge in [0.15, 0.2) is 0 Å². The van der Waals surface area contributed by atoms with Crippen LogP contribution in [0.3, 0.4) is 0 Å². The Hall–Kier alpha value is -0.980. The van der Waals surface area contributed by atoms with E-state index in [0.29, 0.717) is 18.7 Å². The van der Waals surface area contributed by atoms with Crippen molar-refractivity contribution in [1.29, 1.82) is 0 Å². The number of benzene rings is 1. The van der Waals surface area contributed by atoms with E-state index in [4.69, 9.17) is 0 Å². The summed E-state index contributed by atoms with van der Waals surface area (Å²) >= 11 is 0. The summed E-state index contributed by atoms with van der Waals surface area (Å²) in [5, 5.41) is 3.33. The van der Waals surface area contributed by atoms with Gasteiger partial charge in [0, 0.05) is 19.1 Å². The van der Waals surface area contributed by atoms with E-state index in [1.165, 1.54) is 24.3 Å². The van der Waals surface area contributed by atoms with Crippen molar-refractivity contribution in [1.82, 2.24) is 9.62 Å². The molecule has 1 fully saturated rings. The summed E-state index contributed by atoms with van der Waals surface area (Å²) in [4.78, 5) is 0. The predicted octanol–water partition coefficient (Wildman–Crippen LogP) is 2.12. The Morgan fingerprint density at radius 2 is 2.05 bits per heavy atom. The van der Waals surface area contributed by atoms with Crippen molar-refractivity contribution in [3.05, 3.63) is 35.6 Å². The average Bonchev–Trinajstić information content (AvgIpc) is 2.94. The van der Waals surface area contributed by atoms with Crippen LogP contribution in [0.5, 0.6) is 0 Å². The Labute approximate surface area is 126 Å². The zero-order valence-electron chi connectivity index (χ0n) is 12.4. The number of sulfonamides is 1. The Morgan fingerprint density at radius 1 is 1.33 bits per heavy atom. The maximum Gasteiger partial charge on any atom is 0.218 e. The number of nitrogens with zero attached hydrogens (tertiary/aromatic N) is 1. The first-order valence-electron chi connectivity index (χ1n) is 7.47. The van der Waals surface area contributed by atoms with Gasteiger partial charge < -0.3 is 5.32 Å². The van der Waals surface area contributed by atoms with Crippen LogP contribution in [0.4, 0.5) is 4.39 Å². The third kappa shape index (κ3) is 4.76. The summed E-state index contributed by atoms with van der Waals surface area (Å²) in [6.45, 7) is 3.99. The summed E-state index contributed by atoms with van der Waals surface area (Å²) in [5.41, 5.74) is 0.622. The second kappa shape index (κ2) is 7.33. The van der Waals surface area contributed by atoms with Gasteiger partial charge in [0.2, 0.25) is 10.0 Å². The van der Waals surface area contributed by atoms with Gasteiger partial charge in [-0.1, -0.05) is 19.1 Å². The molecule has 0 radical (unpaired) electrons. The minimum absolute atomic E-state index is 0.0694. The van der Waals surface area contributed by atoms with Crippen LogP contribution in [-0.4, -0.2) is 38.4 Å². The zero-order chi connectivity index (χ0) is 15.3. The molecular weight excluding hydrogens is 291 g/mol. The second-order valence-corrected chi connectivity index (χ2v) is 7.50. The molecule has 1 saturated heterocycles. The molecule has 1 aliphatic rings. The lowest BCUT2D eigenvalue weighted by atomic mass is 10.2. The van der Waals surface area contributed by atoms with Gasteiger partial charge in [0.1, 0.15) is 5.82 Å².